The summed E-state index contributed by atoms with van der Waals surface area (Å²) >= 11 is 0. The van der Waals surface area contributed by atoms with Crippen LogP contribution < -0.4 is 10.1 Å². The van der Waals surface area contributed by atoms with Gasteiger partial charge in [0.15, 0.2) is 0 Å². The zero-order valence-electron chi connectivity index (χ0n) is 13.1. The van der Waals surface area contributed by atoms with Crippen LogP contribution in [0.1, 0.15) is 5.56 Å². The molecule has 0 saturated heterocycles. The molecule has 2 amide bonds. The first-order valence-electron chi connectivity index (χ1n) is 7.06. The van der Waals surface area contributed by atoms with E-state index < -0.39 is 23.9 Å². The number of amides is 2. The predicted octanol–water partition coefficient (Wildman–Crippen LogP) is 2.58. The third-order valence-corrected chi connectivity index (χ3v) is 3.03. The van der Waals surface area contributed by atoms with E-state index in [0.29, 0.717) is 0 Å². The van der Waals surface area contributed by atoms with Crippen LogP contribution in [0.4, 0.5) is 18.9 Å². The Kier molecular flexibility index (Phi) is 5.58. The number of alkyl halides is 3. The maximum Gasteiger partial charge on any atom is 0.573 e. The second kappa shape index (κ2) is 7.65. The highest BCUT2D eigenvalue weighted by molar-refractivity contribution is 6.39. The Morgan fingerprint density at radius 1 is 1.20 bits per heavy atom. The summed E-state index contributed by atoms with van der Waals surface area (Å²) in [5, 5.41) is 2.32. The Labute approximate surface area is 141 Å². The van der Waals surface area contributed by atoms with Gasteiger partial charge in [0, 0.05) is 31.7 Å². The molecular weight excluding hydrogens is 339 g/mol. The highest BCUT2D eigenvalue weighted by Crippen LogP contribution is 2.23. The number of hydrogen-bond acceptors (Lipinski definition) is 4. The molecule has 1 aromatic heterocycles. The Bertz CT molecular complexity index is 734. The van der Waals surface area contributed by atoms with E-state index >= 15 is 0 Å². The second-order valence-electron chi connectivity index (χ2n) is 5.05. The Morgan fingerprint density at radius 2 is 1.88 bits per heavy atom. The minimum atomic E-state index is -4.80. The molecule has 9 heteroatoms. The highest BCUT2D eigenvalue weighted by Gasteiger charge is 2.31. The molecular formula is C16H14F3N3O3. The van der Waals surface area contributed by atoms with Crippen molar-refractivity contribution in [2.75, 3.05) is 12.4 Å². The van der Waals surface area contributed by atoms with Crippen LogP contribution in [0.2, 0.25) is 0 Å². The number of aromatic nitrogens is 1. The Morgan fingerprint density at radius 3 is 2.44 bits per heavy atom. The number of hydrogen-bond donors (Lipinski definition) is 1. The topological polar surface area (TPSA) is 71.5 Å². The number of rotatable bonds is 4. The maximum atomic E-state index is 12.1. The maximum absolute atomic E-state index is 12.1. The summed E-state index contributed by atoms with van der Waals surface area (Å²) in [5.74, 6) is -2.12. The molecule has 1 aromatic carbocycles. The largest absolute Gasteiger partial charge is 0.573 e. The van der Waals surface area contributed by atoms with Gasteiger partial charge in [0.2, 0.25) is 0 Å². The van der Waals surface area contributed by atoms with Crippen LogP contribution in [0.5, 0.6) is 5.75 Å². The van der Waals surface area contributed by atoms with Crippen molar-refractivity contribution in [2.24, 2.45) is 0 Å². The molecule has 0 atom stereocenters. The number of benzene rings is 1. The lowest BCUT2D eigenvalue weighted by molar-refractivity contribution is -0.274. The van der Waals surface area contributed by atoms with Gasteiger partial charge in [0.05, 0.1) is 0 Å². The molecule has 0 radical (unpaired) electrons. The molecule has 0 aliphatic carbocycles. The summed E-state index contributed by atoms with van der Waals surface area (Å²) in [4.78, 5) is 29.1. The molecule has 132 valence electrons. The zero-order chi connectivity index (χ0) is 18.4. The first-order valence-corrected chi connectivity index (χ1v) is 7.06. The van der Waals surface area contributed by atoms with Crippen molar-refractivity contribution < 1.29 is 27.5 Å². The second-order valence-corrected chi connectivity index (χ2v) is 5.05. The number of carbonyl (C=O) groups excluding carboxylic acids is 2. The van der Waals surface area contributed by atoms with Gasteiger partial charge >= 0.3 is 18.2 Å². The van der Waals surface area contributed by atoms with Gasteiger partial charge in [0.1, 0.15) is 5.75 Å². The van der Waals surface area contributed by atoms with Crippen LogP contribution in [0, 0.1) is 0 Å². The van der Waals surface area contributed by atoms with Crippen LogP contribution >= 0.6 is 0 Å². The molecule has 25 heavy (non-hydrogen) atoms. The number of pyridine rings is 1. The molecule has 2 rings (SSSR count). The van der Waals surface area contributed by atoms with Gasteiger partial charge in [-0.05, 0) is 35.9 Å². The fourth-order valence-electron chi connectivity index (χ4n) is 1.94. The standard InChI is InChI=1S/C16H14F3N3O3/c1-22(10-11-3-2-8-20-9-11)15(24)14(23)21-12-4-6-13(7-5-12)25-16(17,18)19/h2-9H,10H2,1H3,(H,21,23). The van der Waals surface area contributed by atoms with Crippen LogP contribution in [0.25, 0.3) is 0 Å². The molecule has 1 N–H and O–H groups in total. The number of nitrogens with one attached hydrogen (secondary N) is 1. The minimum Gasteiger partial charge on any atom is -0.406 e. The fraction of sp³-hybridized carbons (Fsp3) is 0.188. The van der Waals surface area contributed by atoms with Crippen LogP contribution in [0.15, 0.2) is 48.8 Å². The van der Waals surface area contributed by atoms with Crippen molar-refractivity contribution in [1.29, 1.82) is 0 Å². The normalized spacial score (nSPS) is 10.9. The summed E-state index contributed by atoms with van der Waals surface area (Å²) in [5.41, 5.74) is 0.919. The molecule has 1 heterocycles. The number of carbonyl (C=O) groups is 2. The molecule has 0 spiro atoms. The van der Waals surface area contributed by atoms with Gasteiger partial charge in [-0.25, -0.2) is 0 Å². The van der Waals surface area contributed by atoms with Crippen molar-refractivity contribution in [3.8, 4) is 5.75 Å². The lowest BCUT2D eigenvalue weighted by atomic mass is 10.2. The molecule has 0 aliphatic rings. The first-order chi connectivity index (χ1) is 11.7. The van der Waals surface area contributed by atoms with E-state index in [1.807, 2.05) is 0 Å². The van der Waals surface area contributed by atoms with Gasteiger partial charge in [0.25, 0.3) is 0 Å². The number of ether oxygens (including phenoxy) is 1. The predicted molar refractivity (Wildman–Crippen MR) is 82.5 cm³/mol. The van der Waals surface area contributed by atoms with Crippen LogP contribution in [-0.2, 0) is 16.1 Å². The van der Waals surface area contributed by atoms with E-state index in [1.165, 1.54) is 24.1 Å². The van der Waals surface area contributed by atoms with Crippen molar-refractivity contribution in [3.05, 3.63) is 54.4 Å². The lowest BCUT2D eigenvalue weighted by Gasteiger charge is -2.16. The number of likely N-dealkylation sites (N-methyl/N-ethyl adjacent to an activating group) is 1. The van der Waals surface area contributed by atoms with Gasteiger partial charge in [-0.2, -0.15) is 0 Å². The number of halogens is 3. The molecule has 2 aromatic rings. The first kappa shape index (κ1) is 18.2. The summed E-state index contributed by atoms with van der Waals surface area (Å²) in [7, 11) is 1.45. The average Bonchev–Trinajstić information content (AvgIpc) is 2.55. The minimum absolute atomic E-state index is 0.169. The van der Waals surface area contributed by atoms with E-state index in [2.05, 4.69) is 15.0 Å². The molecule has 0 aliphatic heterocycles. The third-order valence-electron chi connectivity index (χ3n) is 3.03. The van der Waals surface area contributed by atoms with E-state index in [0.717, 1.165) is 17.7 Å². The molecule has 0 unspecified atom stereocenters. The van der Waals surface area contributed by atoms with Gasteiger partial charge in [-0.3, -0.25) is 14.6 Å². The Balaban J connectivity index is 1.93. The van der Waals surface area contributed by atoms with Gasteiger partial charge in [-0.15, -0.1) is 13.2 Å². The summed E-state index contributed by atoms with van der Waals surface area (Å²) in [6.45, 7) is 0.193. The average molecular weight is 353 g/mol. The van der Waals surface area contributed by atoms with Gasteiger partial charge in [-0.1, -0.05) is 6.07 Å². The third kappa shape index (κ3) is 5.79. The summed E-state index contributed by atoms with van der Waals surface area (Å²) in [6.07, 6.45) is -1.64. The SMILES string of the molecule is CN(Cc1cccnc1)C(=O)C(=O)Nc1ccc(OC(F)(F)F)cc1. The zero-order valence-corrected chi connectivity index (χ0v) is 13.1. The quantitative estimate of drug-likeness (QED) is 0.858. The van der Waals surface area contributed by atoms with Crippen molar-refractivity contribution in [3.63, 3.8) is 0 Å². The Hall–Kier alpha value is -3.10. The number of anilines is 1. The smallest absolute Gasteiger partial charge is 0.406 e. The summed E-state index contributed by atoms with van der Waals surface area (Å²) < 4.78 is 40.0. The molecule has 6 nitrogen and oxygen atoms in total. The van der Waals surface area contributed by atoms with Gasteiger partial charge < -0.3 is 15.0 Å². The highest BCUT2D eigenvalue weighted by atomic mass is 19.4. The molecule has 0 fully saturated rings. The van der Waals surface area contributed by atoms with Crippen LogP contribution in [0.3, 0.4) is 0 Å². The monoisotopic (exact) mass is 353 g/mol. The van der Waals surface area contributed by atoms with Crippen molar-refractivity contribution in [1.82, 2.24) is 9.88 Å². The van der Waals surface area contributed by atoms with E-state index in [1.54, 1.807) is 24.5 Å². The van der Waals surface area contributed by atoms with Crippen molar-refractivity contribution in [2.45, 2.75) is 12.9 Å². The van der Waals surface area contributed by atoms with Crippen LogP contribution in [-0.4, -0.2) is 35.1 Å². The van der Waals surface area contributed by atoms with E-state index in [-0.39, 0.29) is 12.2 Å². The van der Waals surface area contributed by atoms with E-state index in [4.69, 9.17) is 0 Å². The van der Waals surface area contributed by atoms with Crippen molar-refractivity contribution >= 4 is 17.5 Å². The summed E-state index contributed by atoms with van der Waals surface area (Å²) in [6, 6.07) is 7.94. The fourth-order valence-corrected chi connectivity index (χ4v) is 1.94. The number of nitrogens with zero attached hydrogens (tertiary/aromatic N) is 2. The lowest BCUT2D eigenvalue weighted by Crippen LogP contribution is -2.36. The molecule has 0 saturated carbocycles. The van der Waals surface area contributed by atoms with E-state index in [9.17, 15) is 22.8 Å². The molecule has 0 bridgehead atoms.